The number of hydrogen-bond donors (Lipinski definition) is 6. The number of anilines is 4. The van der Waals surface area contributed by atoms with E-state index in [1.54, 1.807) is 12.1 Å². The maximum absolute atomic E-state index is 13.0. The zero-order valence-corrected chi connectivity index (χ0v) is 24.6. The van der Waals surface area contributed by atoms with E-state index in [2.05, 4.69) is 76.5 Å². The van der Waals surface area contributed by atoms with Crippen molar-refractivity contribution in [3.05, 3.63) is 83.4 Å². The summed E-state index contributed by atoms with van der Waals surface area (Å²) >= 11 is 0. The Morgan fingerprint density at radius 1 is 0.690 bits per heavy atom. The number of amides is 4. The van der Waals surface area contributed by atoms with Gasteiger partial charge in [-0.15, -0.1) is 0 Å². The standard InChI is InChI=1S/C32H38N8O2/c1-19-17-33-28(35-19)21-8-6-10-23(14-21)37-30(41)39-25-12-13-27(26(16-25)32(3,4)5)40-31(42)38-24-11-7-9-22(15-24)29-34-18-20(2)36-29/h6-16,19-20H,17-18H2,1-5H3,(H,33,35)(H,34,36)(H2,37,39,41)(H2,38,40,42). The molecule has 10 nitrogen and oxygen atoms in total. The van der Waals surface area contributed by atoms with E-state index in [1.807, 2.05) is 54.6 Å². The van der Waals surface area contributed by atoms with E-state index >= 15 is 0 Å². The van der Waals surface area contributed by atoms with Crippen molar-refractivity contribution in [3.63, 3.8) is 0 Å². The summed E-state index contributed by atoms with van der Waals surface area (Å²) in [6, 6.07) is 20.5. The van der Waals surface area contributed by atoms with E-state index in [4.69, 9.17) is 0 Å². The Morgan fingerprint density at radius 3 is 1.62 bits per heavy atom. The lowest BCUT2D eigenvalue weighted by Gasteiger charge is -2.24. The van der Waals surface area contributed by atoms with Crippen molar-refractivity contribution < 1.29 is 9.59 Å². The van der Waals surface area contributed by atoms with Gasteiger partial charge < -0.3 is 31.9 Å². The first-order chi connectivity index (χ1) is 20.0. The van der Waals surface area contributed by atoms with Gasteiger partial charge in [0.15, 0.2) is 0 Å². The van der Waals surface area contributed by atoms with Crippen LogP contribution in [0.15, 0.2) is 76.7 Å². The van der Waals surface area contributed by atoms with Gasteiger partial charge in [-0.25, -0.2) is 9.59 Å². The molecule has 0 aliphatic carbocycles. The highest BCUT2D eigenvalue weighted by Crippen LogP contribution is 2.32. The number of carbonyl (C=O) groups is 2. The van der Waals surface area contributed by atoms with Crippen LogP contribution in [0.3, 0.4) is 0 Å². The van der Waals surface area contributed by atoms with E-state index in [0.717, 1.165) is 41.5 Å². The van der Waals surface area contributed by atoms with Gasteiger partial charge in [0.2, 0.25) is 0 Å². The predicted molar refractivity (Wildman–Crippen MR) is 171 cm³/mol. The third-order valence-corrected chi connectivity index (χ3v) is 6.93. The molecule has 2 aliphatic rings. The van der Waals surface area contributed by atoms with Crippen LogP contribution in [-0.4, -0.2) is 48.9 Å². The van der Waals surface area contributed by atoms with Crippen LogP contribution in [0.25, 0.3) is 0 Å². The molecule has 2 atom stereocenters. The second kappa shape index (κ2) is 11.9. The van der Waals surface area contributed by atoms with Crippen LogP contribution in [0.5, 0.6) is 0 Å². The number of nitrogens with one attached hydrogen (secondary N) is 6. The van der Waals surface area contributed by atoms with Gasteiger partial charge in [-0.2, -0.15) is 0 Å². The number of hydrogen-bond acceptors (Lipinski definition) is 6. The Balaban J connectivity index is 1.24. The van der Waals surface area contributed by atoms with E-state index in [9.17, 15) is 9.59 Å². The summed E-state index contributed by atoms with van der Waals surface area (Å²) in [5.74, 6) is 1.66. The largest absolute Gasteiger partial charge is 0.366 e. The number of carbonyl (C=O) groups excluding carboxylic acids is 2. The summed E-state index contributed by atoms with van der Waals surface area (Å²) in [6.45, 7) is 11.8. The molecule has 0 radical (unpaired) electrons. The Bertz CT molecular complexity index is 1560. The van der Waals surface area contributed by atoms with E-state index in [-0.39, 0.29) is 17.5 Å². The number of aliphatic imine (C=N–C) groups is 2. The molecule has 6 N–H and O–H groups in total. The quantitative estimate of drug-likeness (QED) is 0.227. The minimum absolute atomic E-state index is 0.295. The van der Waals surface area contributed by atoms with E-state index in [0.29, 0.717) is 34.8 Å². The van der Waals surface area contributed by atoms with Crippen molar-refractivity contribution in [1.29, 1.82) is 0 Å². The highest BCUT2D eigenvalue weighted by Gasteiger charge is 2.21. The van der Waals surface area contributed by atoms with Gasteiger partial charge in [0.05, 0.1) is 13.1 Å². The van der Waals surface area contributed by atoms with Crippen molar-refractivity contribution in [3.8, 4) is 0 Å². The Labute approximate surface area is 246 Å². The molecule has 2 heterocycles. The summed E-state index contributed by atoms with van der Waals surface area (Å²) in [6.07, 6.45) is 0. The van der Waals surface area contributed by atoms with Crippen LogP contribution in [0, 0.1) is 0 Å². The van der Waals surface area contributed by atoms with Gasteiger partial charge in [-0.05, 0) is 67.3 Å². The normalized spacial score (nSPS) is 17.8. The summed E-state index contributed by atoms with van der Waals surface area (Å²) in [5, 5.41) is 18.4. The number of benzene rings is 3. The minimum atomic E-state index is -0.365. The molecule has 0 saturated heterocycles. The molecular weight excluding hydrogens is 528 g/mol. The first-order valence-electron chi connectivity index (χ1n) is 14.2. The molecule has 3 aromatic carbocycles. The van der Waals surface area contributed by atoms with Crippen molar-refractivity contribution in [2.75, 3.05) is 34.4 Å². The van der Waals surface area contributed by atoms with Gasteiger partial charge in [0.1, 0.15) is 11.7 Å². The average molecular weight is 567 g/mol. The number of rotatable bonds is 6. The molecule has 0 aromatic heterocycles. The monoisotopic (exact) mass is 566 g/mol. The molecule has 2 aliphatic heterocycles. The average Bonchev–Trinajstić information content (AvgIpc) is 3.57. The van der Waals surface area contributed by atoms with Crippen LogP contribution in [0.4, 0.5) is 32.3 Å². The lowest BCUT2D eigenvalue weighted by Crippen LogP contribution is -2.28. The minimum Gasteiger partial charge on any atom is -0.366 e. The zero-order chi connectivity index (χ0) is 29.9. The molecule has 0 fully saturated rings. The highest BCUT2D eigenvalue weighted by molar-refractivity contribution is 6.05. The first kappa shape index (κ1) is 28.7. The molecule has 0 bridgehead atoms. The highest BCUT2D eigenvalue weighted by atomic mass is 16.2. The van der Waals surface area contributed by atoms with Gasteiger partial charge in [-0.3, -0.25) is 9.98 Å². The van der Waals surface area contributed by atoms with Gasteiger partial charge in [0.25, 0.3) is 0 Å². The second-order valence-corrected chi connectivity index (χ2v) is 11.8. The predicted octanol–water partition coefficient (Wildman–Crippen LogP) is 5.75. The number of amidine groups is 2. The summed E-state index contributed by atoms with van der Waals surface area (Å²) in [7, 11) is 0. The summed E-state index contributed by atoms with van der Waals surface area (Å²) in [5.41, 5.74) is 5.01. The fourth-order valence-electron chi connectivity index (χ4n) is 4.87. The molecule has 5 rings (SSSR count). The van der Waals surface area contributed by atoms with E-state index in [1.165, 1.54) is 0 Å². The van der Waals surface area contributed by atoms with E-state index < -0.39 is 0 Å². The van der Waals surface area contributed by atoms with Crippen molar-refractivity contribution in [1.82, 2.24) is 10.6 Å². The summed E-state index contributed by atoms with van der Waals surface area (Å²) in [4.78, 5) is 34.9. The molecule has 0 saturated carbocycles. The Kier molecular flexibility index (Phi) is 8.15. The zero-order valence-electron chi connectivity index (χ0n) is 24.6. The van der Waals surface area contributed by atoms with Gasteiger partial charge in [-0.1, -0.05) is 45.0 Å². The third kappa shape index (κ3) is 7.06. The van der Waals surface area contributed by atoms with Crippen molar-refractivity contribution >= 4 is 46.5 Å². The number of urea groups is 2. The first-order valence-corrected chi connectivity index (χ1v) is 14.2. The SMILES string of the molecule is CC1CN=C(c2cccc(NC(=O)Nc3ccc(NC(=O)Nc4cccc(C5=NCC(C)N5)c4)c(C(C)(C)C)c3)c2)N1. The smallest absolute Gasteiger partial charge is 0.323 e. The second-order valence-electron chi connectivity index (χ2n) is 11.8. The lowest BCUT2D eigenvalue weighted by atomic mass is 9.85. The Hall–Kier alpha value is -4.86. The van der Waals surface area contributed by atoms with Crippen molar-refractivity contribution in [2.45, 2.75) is 52.1 Å². The molecule has 0 spiro atoms. The topological polar surface area (TPSA) is 131 Å². The van der Waals surface area contributed by atoms with Crippen LogP contribution in [0.1, 0.15) is 51.3 Å². The summed E-state index contributed by atoms with van der Waals surface area (Å²) < 4.78 is 0. The molecule has 4 amide bonds. The molecular formula is C32H38N8O2. The lowest BCUT2D eigenvalue weighted by molar-refractivity contribution is 0.261. The Morgan fingerprint density at radius 2 is 1.17 bits per heavy atom. The molecule has 42 heavy (non-hydrogen) atoms. The van der Waals surface area contributed by atoms with Gasteiger partial charge in [0, 0.05) is 46.0 Å². The van der Waals surface area contributed by atoms with Crippen molar-refractivity contribution in [2.24, 2.45) is 9.98 Å². The maximum atomic E-state index is 13.0. The number of nitrogens with zero attached hydrogens (tertiary/aromatic N) is 2. The van der Waals surface area contributed by atoms with Crippen LogP contribution >= 0.6 is 0 Å². The fraction of sp³-hybridized carbons (Fsp3) is 0.312. The molecule has 3 aromatic rings. The third-order valence-electron chi connectivity index (χ3n) is 6.93. The molecule has 2 unspecified atom stereocenters. The van der Waals surface area contributed by atoms with Gasteiger partial charge >= 0.3 is 12.1 Å². The van der Waals surface area contributed by atoms with Crippen LogP contribution in [0.2, 0.25) is 0 Å². The maximum Gasteiger partial charge on any atom is 0.323 e. The van der Waals surface area contributed by atoms with Crippen LogP contribution < -0.4 is 31.9 Å². The fourth-order valence-corrected chi connectivity index (χ4v) is 4.87. The molecule has 10 heteroatoms. The molecule has 218 valence electrons. The van der Waals surface area contributed by atoms with Crippen LogP contribution in [-0.2, 0) is 5.41 Å².